The van der Waals surface area contributed by atoms with Crippen LogP contribution in [-0.4, -0.2) is 44.1 Å². The van der Waals surface area contributed by atoms with E-state index < -0.39 is 0 Å². The summed E-state index contributed by atoms with van der Waals surface area (Å²) >= 11 is 7.17. The van der Waals surface area contributed by atoms with Gasteiger partial charge in [0.25, 0.3) is 5.91 Å². The second kappa shape index (κ2) is 10.1. The maximum Gasteiger partial charge on any atom is 0.280 e. The molecule has 35 heavy (non-hydrogen) atoms. The zero-order valence-electron chi connectivity index (χ0n) is 20.1. The van der Waals surface area contributed by atoms with Crippen molar-refractivity contribution in [3.63, 3.8) is 0 Å². The highest BCUT2D eigenvalue weighted by Gasteiger charge is 2.30. The van der Waals surface area contributed by atoms with E-state index in [-0.39, 0.29) is 24.0 Å². The summed E-state index contributed by atoms with van der Waals surface area (Å²) in [4.78, 5) is 28.6. The summed E-state index contributed by atoms with van der Waals surface area (Å²) in [6.45, 7) is 5.26. The fourth-order valence-corrected chi connectivity index (χ4v) is 6.24. The molecule has 1 saturated heterocycles. The van der Waals surface area contributed by atoms with Gasteiger partial charge in [-0.1, -0.05) is 36.8 Å². The standard InChI is InChI=1S/C25H30ClN7OS/c1-15(2)9-23-31-19-13-28-22(32-8-4-7-18(32)12-27)11-20(19)33(23)17-6-3-5-16(10-17)30-24(34)25-29-14-21(26)35-25/h11,13-18H,3-10H2,1-2H3,(H,30,34)/t16-,17+,18-/m0/s1. The van der Waals surface area contributed by atoms with Crippen LogP contribution in [0.15, 0.2) is 18.5 Å². The van der Waals surface area contributed by atoms with Crippen LogP contribution in [0.2, 0.25) is 4.34 Å². The van der Waals surface area contributed by atoms with Gasteiger partial charge in [0.2, 0.25) is 0 Å². The van der Waals surface area contributed by atoms with Crippen molar-refractivity contribution in [1.29, 1.82) is 5.26 Å². The zero-order chi connectivity index (χ0) is 24.5. The molecule has 2 fully saturated rings. The average molecular weight is 512 g/mol. The van der Waals surface area contributed by atoms with Crippen LogP contribution in [0, 0.1) is 17.2 Å². The van der Waals surface area contributed by atoms with Gasteiger partial charge in [0.05, 0.1) is 24.0 Å². The first-order valence-corrected chi connectivity index (χ1v) is 13.6. The Balaban J connectivity index is 1.45. The Morgan fingerprint density at radius 1 is 1.29 bits per heavy atom. The number of anilines is 1. The van der Waals surface area contributed by atoms with E-state index in [1.807, 2.05) is 6.20 Å². The Morgan fingerprint density at radius 2 is 2.14 bits per heavy atom. The first kappa shape index (κ1) is 24.0. The molecule has 3 aromatic heterocycles. The van der Waals surface area contributed by atoms with Crippen molar-refractivity contribution in [1.82, 2.24) is 24.8 Å². The van der Waals surface area contributed by atoms with Crippen LogP contribution in [0.1, 0.15) is 74.0 Å². The molecular weight excluding hydrogens is 482 g/mol. The summed E-state index contributed by atoms with van der Waals surface area (Å²) in [5.41, 5.74) is 1.96. The zero-order valence-corrected chi connectivity index (χ0v) is 21.6. The summed E-state index contributed by atoms with van der Waals surface area (Å²) in [7, 11) is 0. The number of nitrogens with one attached hydrogen (secondary N) is 1. The first-order chi connectivity index (χ1) is 16.9. The van der Waals surface area contributed by atoms with Gasteiger partial charge in [-0.15, -0.1) is 0 Å². The monoisotopic (exact) mass is 511 g/mol. The number of carbonyl (C=O) groups is 1. The minimum absolute atomic E-state index is 0.0659. The summed E-state index contributed by atoms with van der Waals surface area (Å²) < 4.78 is 2.90. The highest BCUT2D eigenvalue weighted by Crippen LogP contribution is 2.35. The van der Waals surface area contributed by atoms with Crippen molar-refractivity contribution in [3.05, 3.63) is 33.6 Å². The Hall–Kier alpha value is -2.70. The van der Waals surface area contributed by atoms with Gasteiger partial charge >= 0.3 is 0 Å². The first-order valence-electron chi connectivity index (χ1n) is 12.4. The number of rotatable bonds is 6. The number of carbonyl (C=O) groups excluding carboxylic acids is 1. The lowest BCUT2D eigenvalue weighted by atomic mass is 9.90. The number of pyridine rings is 1. The van der Waals surface area contributed by atoms with Gasteiger partial charge in [0, 0.05) is 31.1 Å². The number of aromatic nitrogens is 4. The van der Waals surface area contributed by atoms with Crippen LogP contribution in [-0.2, 0) is 6.42 Å². The lowest BCUT2D eigenvalue weighted by Crippen LogP contribution is -2.39. The molecule has 0 aromatic carbocycles. The maximum atomic E-state index is 12.7. The lowest BCUT2D eigenvalue weighted by Gasteiger charge is -2.32. The van der Waals surface area contributed by atoms with E-state index in [1.165, 1.54) is 17.5 Å². The van der Waals surface area contributed by atoms with Crippen LogP contribution in [0.3, 0.4) is 0 Å². The van der Waals surface area contributed by atoms with Gasteiger partial charge in [-0.25, -0.2) is 15.0 Å². The van der Waals surface area contributed by atoms with Crippen LogP contribution in [0.4, 0.5) is 5.82 Å². The molecule has 0 unspecified atom stereocenters. The van der Waals surface area contributed by atoms with Gasteiger partial charge in [-0.05, 0) is 44.4 Å². The van der Waals surface area contributed by atoms with Crippen LogP contribution < -0.4 is 10.2 Å². The van der Waals surface area contributed by atoms with Crippen LogP contribution in [0.25, 0.3) is 11.0 Å². The molecule has 3 aromatic rings. The number of halogens is 1. The van der Waals surface area contributed by atoms with E-state index in [4.69, 9.17) is 16.6 Å². The van der Waals surface area contributed by atoms with Crippen molar-refractivity contribution in [2.75, 3.05) is 11.4 Å². The van der Waals surface area contributed by atoms with E-state index in [0.717, 1.165) is 74.2 Å². The predicted molar refractivity (Wildman–Crippen MR) is 138 cm³/mol. The molecule has 1 aliphatic carbocycles. The number of thiazole rings is 1. The SMILES string of the molecule is CC(C)Cc1nc2cnc(N3CCC[C@H]3C#N)cc2n1[C@@H]1CCC[C@H](NC(=O)c2ncc(Cl)s2)C1. The highest BCUT2D eigenvalue weighted by atomic mass is 35.5. The number of hydrogen-bond acceptors (Lipinski definition) is 7. The Kier molecular flexibility index (Phi) is 6.94. The van der Waals surface area contributed by atoms with Gasteiger partial charge in [-0.2, -0.15) is 5.26 Å². The van der Waals surface area contributed by atoms with Gasteiger partial charge in [0.15, 0.2) is 5.01 Å². The molecule has 0 spiro atoms. The molecule has 4 heterocycles. The summed E-state index contributed by atoms with van der Waals surface area (Å²) in [6.07, 6.45) is 9.97. The quantitative estimate of drug-likeness (QED) is 0.491. The normalized spacial score (nSPS) is 22.6. The average Bonchev–Trinajstić information content (AvgIpc) is 3.56. The van der Waals surface area contributed by atoms with E-state index in [2.05, 4.69) is 50.7 Å². The van der Waals surface area contributed by atoms with Crippen molar-refractivity contribution in [3.8, 4) is 6.07 Å². The molecule has 3 atom stereocenters. The number of nitriles is 1. The molecule has 1 amide bonds. The molecule has 1 N–H and O–H groups in total. The molecule has 5 rings (SSSR count). The number of imidazole rings is 1. The summed E-state index contributed by atoms with van der Waals surface area (Å²) in [5, 5.41) is 13.2. The number of nitrogens with zero attached hydrogens (tertiary/aromatic N) is 6. The van der Waals surface area contributed by atoms with E-state index >= 15 is 0 Å². The van der Waals surface area contributed by atoms with E-state index in [9.17, 15) is 10.1 Å². The van der Waals surface area contributed by atoms with Crippen LogP contribution in [0.5, 0.6) is 0 Å². The van der Waals surface area contributed by atoms with Crippen molar-refractivity contribution < 1.29 is 4.79 Å². The molecule has 2 aliphatic rings. The Morgan fingerprint density at radius 3 is 2.89 bits per heavy atom. The van der Waals surface area contributed by atoms with Gasteiger partial charge in [0.1, 0.15) is 27.5 Å². The largest absolute Gasteiger partial charge is 0.347 e. The van der Waals surface area contributed by atoms with Gasteiger partial charge < -0.3 is 14.8 Å². The highest BCUT2D eigenvalue weighted by molar-refractivity contribution is 7.17. The maximum absolute atomic E-state index is 12.7. The van der Waals surface area contributed by atoms with Gasteiger partial charge in [-0.3, -0.25) is 4.79 Å². The molecular formula is C25H30ClN7OS. The third kappa shape index (κ3) is 5.00. The minimum Gasteiger partial charge on any atom is -0.347 e. The summed E-state index contributed by atoms with van der Waals surface area (Å²) in [5.74, 6) is 2.22. The van der Waals surface area contributed by atoms with Crippen molar-refractivity contribution in [2.24, 2.45) is 5.92 Å². The van der Waals surface area contributed by atoms with Crippen molar-refractivity contribution in [2.45, 2.75) is 76.9 Å². The molecule has 0 radical (unpaired) electrons. The predicted octanol–water partition coefficient (Wildman–Crippen LogP) is 5.15. The van der Waals surface area contributed by atoms with Crippen molar-refractivity contribution >= 4 is 45.7 Å². The lowest BCUT2D eigenvalue weighted by molar-refractivity contribution is 0.0920. The minimum atomic E-state index is -0.159. The smallest absolute Gasteiger partial charge is 0.280 e. The Labute approximate surface area is 214 Å². The molecule has 1 saturated carbocycles. The van der Waals surface area contributed by atoms with E-state index in [0.29, 0.717) is 15.3 Å². The number of hydrogen-bond donors (Lipinski definition) is 1. The molecule has 10 heteroatoms. The molecule has 1 aliphatic heterocycles. The third-order valence-corrected chi connectivity index (χ3v) is 8.05. The number of amides is 1. The molecule has 184 valence electrons. The van der Waals surface area contributed by atoms with Crippen LogP contribution >= 0.6 is 22.9 Å². The third-order valence-electron chi connectivity index (χ3n) is 6.94. The fraction of sp³-hybridized carbons (Fsp3) is 0.560. The molecule has 0 bridgehead atoms. The van der Waals surface area contributed by atoms with E-state index in [1.54, 1.807) is 0 Å². The topological polar surface area (TPSA) is 99.7 Å². The summed E-state index contributed by atoms with van der Waals surface area (Å²) in [6, 6.07) is 4.70. The number of fused-ring (bicyclic) bond motifs is 1. The second-order valence-corrected chi connectivity index (χ2v) is 11.6. The molecule has 8 nitrogen and oxygen atoms in total. The Bertz CT molecular complexity index is 1260. The fourth-order valence-electron chi connectivity index (χ4n) is 5.42. The second-order valence-electron chi connectivity index (χ2n) is 9.97.